The van der Waals surface area contributed by atoms with Crippen molar-refractivity contribution >= 4 is 27.7 Å². The van der Waals surface area contributed by atoms with E-state index in [0.29, 0.717) is 17.9 Å². The topological polar surface area (TPSA) is 76.7 Å². The summed E-state index contributed by atoms with van der Waals surface area (Å²) in [6.07, 6.45) is -0.248. The maximum Gasteiger partial charge on any atom is 0.279 e. The van der Waals surface area contributed by atoms with Crippen LogP contribution in [0.5, 0.6) is 11.5 Å². The van der Waals surface area contributed by atoms with Crippen LogP contribution in [0.3, 0.4) is 0 Å². The number of benzene rings is 2. The molecule has 7 heteroatoms. The van der Waals surface area contributed by atoms with Crippen LogP contribution in [0.25, 0.3) is 0 Å². The van der Waals surface area contributed by atoms with E-state index in [4.69, 9.17) is 9.47 Å². The predicted octanol–water partition coefficient (Wildman–Crippen LogP) is 3.45. The first-order valence-electron chi connectivity index (χ1n) is 8.60. The van der Waals surface area contributed by atoms with Crippen LogP contribution in [0.15, 0.2) is 46.9 Å². The summed E-state index contributed by atoms with van der Waals surface area (Å²) in [5.41, 5.74) is 6.82. The zero-order valence-corrected chi connectivity index (χ0v) is 17.1. The number of rotatable bonds is 7. The lowest BCUT2D eigenvalue weighted by Gasteiger charge is -2.18. The second-order valence-electron chi connectivity index (χ2n) is 6.09. The monoisotopic (exact) mass is 434 g/mol. The molecule has 0 aromatic heterocycles. The fourth-order valence-electron chi connectivity index (χ4n) is 2.29. The van der Waals surface area contributed by atoms with Crippen molar-refractivity contribution in [3.8, 4) is 11.5 Å². The molecule has 0 heterocycles. The molecular formula is C20H23BrN2O4. The molecule has 1 unspecified atom stereocenters. The van der Waals surface area contributed by atoms with Crippen LogP contribution in [0, 0.1) is 13.8 Å². The van der Waals surface area contributed by atoms with Crippen LogP contribution in [0.4, 0.5) is 0 Å². The fourth-order valence-corrected chi connectivity index (χ4v) is 2.90. The molecule has 0 bridgehead atoms. The number of halogens is 1. The first-order valence-corrected chi connectivity index (χ1v) is 9.39. The lowest BCUT2D eigenvalue weighted by Crippen LogP contribution is -2.49. The molecule has 0 spiro atoms. The number of carbonyl (C=O) groups is 2. The van der Waals surface area contributed by atoms with E-state index < -0.39 is 17.9 Å². The minimum atomic E-state index is -0.709. The van der Waals surface area contributed by atoms with Crippen LogP contribution in [0.2, 0.25) is 0 Å². The van der Waals surface area contributed by atoms with E-state index >= 15 is 0 Å². The molecule has 2 rings (SSSR count). The molecule has 2 N–H and O–H groups in total. The van der Waals surface area contributed by atoms with E-state index in [-0.39, 0.29) is 6.61 Å². The van der Waals surface area contributed by atoms with E-state index in [1.54, 1.807) is 12.1 Å². The molecule has 2 aromatic rings. The highest BCUT2D eigenvalue weighted by Crippen LogP contribution is 2.25. The summed E-state index contributed by atoms with van der Waals surface area (Å²) in [6.45, 7) is 5.51. The normalized spacial score (nSPS) is 11.4. The van der Waals surface area contributed by atoms with Gasteiger partial charge in [-0.25, -0.2) is 0 Å². The number of hydrazine groups is 1. The van der Waals surface area contributed by atoms with Gasteiger partial charge in [-0.05, 0) is 71.6 Å². The highest BCUT2D eigenvalue weighted by molar-refractivity contribution is 9.10. The fraction of sp³-hybridized carbons (Fsp3) is 0.300. The number of amides is 2. The molecular weight excluding hydrogens is 412 g/mol. The molecule has 2 aromatic carbocycles. The van der Waals surface area contributed by atoms with Gasteiger partial charge in [-0.2, -0.15) is 0 Å². The molecule has 2 amide bonds. The third kappa shape index (κ3) is 6.60. The van der Waals surface area contributed by atoms with Crippen molar-refractivity contribution in [3.63, 3.8) is 0 Å². The van der Waals surface area contributed by atoms with Crippen molar-refractivity contribution < 1.29 is 19.1 Å². The Morgan fingerprint density at radius 1 is 1.07 bits per heavy atom. The van der Waals surface area contributed by atoms with Gasteiger partial charge >= 0.3 is 0 Å². The van der Waals surface area contributed by atoms with E-state index in [9.17, 15) is 9.59 Å². The van der Waals surface area contributed by atoms with Crippen LogP contribution >= 0.6 is 15.9 Å². The van der Waals surface area contributed by atoms with Gasteiger partial charge in [0.25, 0.3) is 11.8 Å². The zero-order valence-electron chi connectivity index (χ0n) is 15.5. The number of aryl methyl sites for hydroxylation is 2. The lowest BCUT2D eigenvalue weighted by molar-refractivity contribution is -0.134. The van der Waals surface area contributed by atoms with E-state index in [0.717, 1.165) is 15.6 Å². The van der Waals surface area contributed by atoms with Crippen molar-refractivity contribution in [3.05, 3.63) is 58.1 Å². The summed E-state index contributed by atoms with van der Waals surface area (Å²) < 4.78 is 11.9. The first-order chi connectivity index (χ1) is 12.9. The zero-order chi connectivity index (χ0) is 19.8. The Morgan fingerprint density at radius 2 is 1.81 bits per heavy atom. The smallest absolute Gasteiger partial charge is 0.279 e. The van der Waals surface area contributed by atoms with E-state index in [1.807, 2.05) is 51.1 Å². The first kappa shape index (κ1) is 20.8. The summed E-state index contributed by atoms with van der Waals surface area (Å²) in [5, 5.41) is 0. The van der Waals surface area contributed by atoms with Gasteiger partial charge in [-0.1, -0.05) is 25.1 Å². The predicted molar refractivity (Wildman–Crippen MR) is 107 cm³/mol. The van der Waals surface area contributed by atoms with Crippen molar-refractivity contribution in [1.82, 2.24) is 10.9 Å². The molecule has 0 fully saturated rings. The summed E-state index contributed by atoms with van der Waals surface area (Å²) in [6, 6.07) is 13.0. The van der Waals surface area contributed by atoms with Crippen LogP contribution < -0.4 is 20.3 Å². The minimum Gasteiger partial charge on any atom is -0.483 e. The average Bonchev–Trinajstić information content (AvgIpc) is 2.63. The van der Waals surface area contributed by atoms with Crippen molar-refractivity contribution in [2.24, 2.45) is 0 Å². The van der Waals surface area contributed by atoms with Crippen LogP contribution in [-0.2, 0) is 9.59 Å². The molecule has 0 saturated carbocycles. The Bertz CT molecular complexity index is 810. The maximum absolute atomic E-state index is 12.2. The van der Waals surface area contributed by atoms with Crippen molar-refractivity contribution in [1.29, 1.82) is 0 Å². The SMILES string of the molecule is CCC(Oc1cccc(C)c1)C(=O)NNC(=O)COc1ccc(C)cc1Br. The van der Waals surface area contributed by atoms with Gasteiger partial charge in [0.1, 0.15) is 11.5 Å². The third-order valence-corrected chi connectivity index (χ3v) is 4.32. The summed E-state index contributed by atoms with van der Waals surface area (Å²) >= 11 is 3.38. The highest BCUT2D eigenvalue weighted by atomic mass is 79.9. The van der Waals surface area contributed by atoms with Crippen LogP contribution in [-0.4, -0.2) is 24.5 Å². The van der Waals surface area contributed by atoms with Gasteiger partial charge in [-0.3, -0.25) is 20.4 Å². The second kappa shape index (κ2) is 9.97. The average molecular weight is 435 g/mol. The molecule has 0 aliphatic heterocycles. The molecule has 6 nitrogen and oxygen atoms in total. The molecule has 0 radical (unpaired) electrons. The number of carbonyl (C=O) groups excluding carboxylic acids is 2. The number of hydrogen-bond donors (Lipinski definition) is 2. The van der Waals surface area contributed by atoms with Crippen LogP contribution in [0.1, 0.15) is 24.5 Å². The summed E-state index contributed by atoms with van der Waals surface area (Å²) in [4.78, 5) is 24.1. The lowest BCUT2D eigenvalue weighted by atomic mass is 10.2. The quantitative estimate of drug-likeness (QED) is 0.654. The minimum absolute atomic E-state index is 0.225. The summed E-state index contributed by atoms with van der Waals surface area (Å²) in [5.74, 6) is 0.261. The van der Waals surface area contributed by atoms with Gasteiger partial charge < -0.3 is 9.47 Å². The van der Waals surface area contributed by atoms with E-state index in [1.165, 1.54) is 0 Å². The Balaban J connectivity index is 1.81. The molecule has 27 heavy (non-hydrogen) atoms. The van der Waals surface area contributed by atoms with E-state index in [2.05, 4.69) is 26.8 Å². The van der Waals surface area contributed by atoms with Gasteiger partial charge in [0, 0.05) is 0 Å². The largest absolute Gasteiger partial charge is 0.483 e. The van der Waals surface area contributed by atoms with Gasteiger partial charge in [0.05, 0.1) is 4.47 Å². The molecule has 144 valence electrons. The standard InChI is InChI=1S/C20H23BrN2O4/c1-4-17(27-15-7-5-6-13(2)10-15)20(25)23-22-19(24)12-26-18-9-8-14(3)11-16(18)21/h5-11,17H,4,12H2,1-3H3,(H,22,24)(H,23,25). The molecule has 1 atom stereocenters. The Hall–Kier alpha value is -2.54. The number of ether oxygens (including phenoxy) is 2. The van der Waals surface area contributed by atoms with Crippen molar-refractivity contribution in [2.75, 3.05) is 6.61 Å². The number of hydrogen-bond acceptors (Lipinski definition) is 4. The highest BCUT2D eigenvalue weighted by Gasteiger charge is 2.19. The third-order valence-electron chi connectivity index (χ3n) is 3.70. The Kier molecular flexibility index (Phi) is 7.67. The van der Waals surface area contributed by atoms with Gasteiger partial charge in [-0.15, -0.1) is 0 Å². The molecule has 0 aliphatic rings. The Morgan fingerprint density at radius 3 is 2.48 bits per heavy atom. The van der Waals surface area contributed by atoms with Crippen molar-refractivity contribution in [2.45, 2.75) is 33.3 Å². The number of nitrogens with one attached hydrogen (secondary N) is 2. The van der Waals surface area contributed by atoms with Gasteiger partial charge in [0.2, 0.25) is 0 Å². The Labute approximate surface area is 167 Å². The molecule has 0 saturated heterocycles. The summed E-state index contributed by atoms with van der Waals surface area (Å²) in [7, 11) is 0. The molecule has 0 aliphatic carbocycles. The maximum atomic E-state index is 12.2. The second-order valence-corrected chi connectivity index (χ2v) is 6.95. The van der Waals surface area contributed by atoms with Gasteiger partial charge in [0.15, 0.2) is 12.7 Å².